The van der Waals surface area contributed by atoms with Crippen LogP contribution in [0.3, 0.4) is 0 Å². The number of aliphatic hydroxyl groups is 1. The molecule has 0 bridgehead atoms. The summed E-state index contributed by atoms with van der Waals surface area (Å²) < 4.78 is 5.52. The highest BCUT2D eigenvalue weighted by molar-refractivity contribution is 6.30. The number of halogens is 1. The van der Waals surface area contributed by atoms with Crippen LogP contribution in [0.5, 0.6) is 5.75 Å². The first-order chi connectivity index (χ1) is 9.97. The minimum absolute atomic E-state index is 0.285. The van der Waals surface area contributed by atoms with E-state index in [1.54, 1.807) is 24.3 Å². The second-order valence-electron chi connectivity index (χ2n) is 6.05. The average Bonchev–Trinajstić information content (AvgIpc) is 2.44. The van der Waals surface area contributed by atoms with Crippen molar-refractivity contribution in [2.24, 2.45) is 5.92 Å². The van der Waals surface area contributed by atoms with E-state index < -0.39 is 6.10 Å². The number of rotatable bonds is 10. The van der Waals surface area contributed by atoms with E-state index in [1.165, 1.54) is 12.8 Å². The fourth-order valence-corrected chi connectivity index (χ4v) is 2.18. The molecule has 0 aliphatic carbocycles. The van der Waals surface area contributed by atoms with Gasteiger partial charge in [0, 0.05) is 17.6 Å². The van der Waals surface area contributed by atoms with Crippen molar-refractivity contribution in [1.82, 2.24) is 5.32 Å². The largest absolute Gasteiger partial charge is 0.491 e. The van der Waals surface area contributed by atoms with E-state index in [0.717, 1.165) is 18.1 Å². The van der Waals surface area contributed by atoms with Gasteiger partial charge in [-0.1, -0.05) is 38.3 Å². The summed E-state index contributed by atoms with van der Waals surface area (Å²) in [6, 6.07) is 7.58. The summed E-state index contributed by atoms with van der Waals surface area (Å²) in [5.41, 5.74) is 0. The molecule has 120 valence electrons. The molecule has 1 rings (SSSR count). The summed E-state index contributed by atoms with van der Waals surface area (Å²) in [6.07, 6.45) is 3.12. The molecule has 0 saturated heterocycles. The zero-order chi connectivity index (χ0) is 15.7. The molecule has 0 amide bonds. The Balaban J connectivity index is 2.12. The molecular weight excluding hydrogens is 286 g/mol. The molecule has 2 unspecified atom stereocenters. The predicted octanol–water partition coefficient (Wildman–Crippen LogP) is 3.88. The first-order valence-corrected chi connectivity index (χ1v) is 8.15. The molecule has 4 heteroatoms. The molecular formula is C17H28ClNO2. The van der Waals surface area contributed by atoms with Gasteiger partial charge in [0.25, 0.3) is 0 Å². The third-order valence-electron chi connectivity index (χ3n) is 3.38. The SMILES string of the molecule is CC(C)CCCC(C)NCC(O)COc1ccc(Cl)cc1. The van der Waals surface area contributed by atoms with Crippen molar-refractivity contribution in [3.63, 3.8) is 0 Å². The summed E-state index contributed by atoms with van der Waals surface area (Å²) in [5, 5.41) is 13.9. The van der Waals surface area contributed by atoms with Crippen LogP contribution in [0.4, 0.5) is 0 Å². The smallest absolute Gasteiger partial charge is 0.119 e. The van der Waals surface area contributed by atoms with Crippen LogP contribution < -0.4 is 10.1 Å². The lowest BCUT2D eigenvalue weighted by molar-refractivity contribution is 0.103. The van der Waals surface area contributed by atoms with E-state index >= 15 is 0 Å². The van der Waals surface area contributed by atoms with Crippen molar-refractivity contribution in [2.45, 2.75) is 52.2 Å². The average molecular weight is 314 g/mol. The Morgan fingerprint density at radius 2 is 1.81 bits per heavy atom. The van der Waals surface area contributed by atoms with E-state index in [1.807, 2.05) is 0 Å². The zero-order valence-corrected chi connectivity index (χ0v) is 14.1. The van der Waals surface area contributed by atoms with Gasteiger partial charge < -0.3 is 15.2 Å². The highest BCUT2D eigenvalue weighted by atomic mass is 35.5. The van der Waals surface area contributed by atoms with Gasteiger partial charge in [0.1, 0.15) is 18.5 Å². The summed E-state index contributed by atoms with van der Waals surface area (Å²) in [6.45, 7) is 7.49. The fraction of sp³-hybridized carbons (Fsp3) is 0.647. The molecule has 0 radical (unpaired) electrons. The van der Waals surface area contributed by atoms with Gasteiger partial charge in [-0.25, -0.2) is 0 Å². The molecule has 21 heavy (non-hydrogen) atoms. The summed E-state index contributed by atoms with van der Waals surface area (Å²) in [5.74, 6) is 1.49. The van der Waals surface area contributed by atoms with Gasteiger partial charge in [-0.05, 0) is 43.5 Å². The van der Waals surface area contributed by atoms with Crippen molar-refractivity contribution < 1.29 is 9.84 Å². The topological polar surface area (TPSA) is 41.5 Å². The van der Waals surface area contributed by atoms with Crippen LogP contribution in [0, 0.1) is 5.92 Å². The molecule has 0 aliphatic heterocycles. The van der Waals surface area contributed by atoms with Gasteiger partial charge in [0.15, 0.2) is 0 Å². The molecule has 0 spiro atoms. The van der Waals surface area contributed by atoms with E-state index in [-0.39, 0.29) is 6.61 Å². The molecule has 3 nitrogen and oxygen atoms in total. The molecule has 2 atom stereocenters. The second kappa shape index (κ2) is 10.0. The van der Waals surface area contributed by atoms with Crippen molar-refractivity contribution in [1.29, 1.82) is 0 Å². The van der Waals surface area contributed by atoms with Gasteiger partial charge in [-0.3, -0.25) is 0 Å². The maximum atomic E-state index is 9.91. The number of nitrogens with one attached hydrogen (secondary N) is 1. The summed E-state index contributed by atoms with van der Waals surface area (Å²) in [7, 11) is 0. The Bertz CT molecular complexity index is 381. The first-order valence-electron chi connectivity index (χ1n) is 7.77. The summed E-state index contributed by atoms with van der Waals surface area (Å²) >= 11 is 5.81. The maximum absolute atomic E-state index is 9.91. The van der Waals surface area contributed by atoms with E-state index in [0.29, 0.717) is 17.6 Å². The molecule has 0 saturated carbocycles. The Morgan fingerprint density at radius 1 is 1.14 bits per heavy atom. The summed E-state index contributed by atoms with van der Waals surface area (Å²) in [4.78, 5) is 0. The monoisotopic (exact) mass is 313 g/mol. The van der Waals surface area contributed by atoms with Crippen LogP contribution in [-0.4, -0.2) is 30.4 Å². The lowest BCUT2D eigenvalue weighted by Gasteiger charge is -2.18. The minimum Gasteiger partial charge on any atom is -0.491 e. The van der Waals surface area contributed by atoms with Gasteiger partial charge in [0.05, 0.1) is 0 Å². The van der Waals surface area contributed by atoms with Gasteiger partial charge >= 0.3 is 0 Å². The van der Waals surface area contributed by atoms with Crippen molar-refractivity contribution in [3.05, 3.63) is 29.3 Å². The van der Waals surface area contributed by atoms with Crippen LogP contribution in [0.2, 0.25) is 5.02 Å². The minimum atomic E-state index is -0.506. The first kappa shape index (κ1) is 18.3. The number of hydrogen-bond acceptors (Lipinski definition) is 3. The molecule has 0 aliphatic rings. The van der Waals surface area contributed by atoms with E-state index in [9.17, 15) is 5.11 Å². The Kier molecular flexibility index (Phi) is 8.74. The van der Waals surface area contributed by atoms with Crippen LogP contribution in [0.1, 0.15) is 40.0 Å². The molecule has 0 heterocycles. The highest BCUT2D eigenvalue weighted by Crippen LogP contribution is 2.15. The van der Waals surface area contributed by atoms with Crippen molar-refractivity contribution >= 4 is 11.6 Å². The number of ether oxygens (including phenoxy) is 1. The maximum Gasteiger partial charge on any atom is 0.119 e. The second-order valence-corrected chi connectivity index (χ2v) is 6.49. The standard InChI is InChI=1S/C17H28ClNO2/c1-13(2)5-4-6-14(3)19-11-16(20)12-21-17-9-7-15(18)8-10-17/h7-10,13-14,16,19-20H,4-6,11-12H2,1-3H3. The molecule has 1 aromatic carbocycles. The quantitative estimate of drug-likeness (QED) is 0.688. The predicted molar refractivity (Wildman–Crippen MR) is 89.1 cm³/mol. The van der Waals surface area contributed by atoms with Crippen LogP contribution >= 0.6 is 11.6 Å². The third kappa shape index (κ3) is 8.97. The lowest BCUT2D eigenvalue weighted by Crippen LogP contribution is -2.36. The van der Waals surface area contributed by atoms with E-state index in [4.69, 9.17) is 16.3 Å². The Labute approximate surface area is 133 Å². The number of benzene rings is 1. The number of aliphatic hydroxyl groups excluding tert-OH is 1. The number of hydrogen-bond donors (Lipinski definition) is 2. The van der Waals surface area contributed by atoms with Gasteiger partial charge in [0.2, 0.25) is 0 Å². The molecule has 0 fully saturated rings. The van der Waals surface area contributed by atoms with E-state index in [2.05, 4.69) is 26.1 Å². The fourth-order valence-electron chi connectivity index (χ4n) is 2.05. The highest BCUT2D eigenvalue weighted by Gasteiger charge is 2.08. The lowest BCUT2D eigenvalue weighted by atomic mass is 10.0. The van der Waals surface area contributed by atoms with Gasteiger partial charge in [-0.15, -0.1) is 0 Å². The van der Waals surface area contributed by atoms with Crippen molar-refractivity contribution in [3.8, 4) is 5.75 Å². The third-order valence-corrected chi connectivity index (χ3v) is 3.63. The van der Waals surface area contributed by atoms with Crippen molar-refractivity contribution in [2.75, 3.05) is 13.2 Å². The zero-order valence-electron chi connectivity index (χ0n) is 13.3. The van der Waals surface area contributed by atoms with Crippen LogP contribution in [-0.2, 0) is 0 Å². The van der Waals surface area contributed by atoms with Gasteiger partial charge in [-0.2, -0.15) is 0 Å². The van der Waals surface area contributed by atoms with Crippen LogP contribution in [0.25, 0.3) is 0 Å². The van der Waals surface area contributed by atoms with Crippen LogP contribution in [0.15, 0.2) is 24.3 Å². The normalized spacial score (nSPS) is 14.2. The molecule has 1 aromatic rings. The Hall–Kier alpha value is -0.770. The Morgan fingerprint density at radius 3 is 2.43 bits per heavy atom. The molecule has 0 aromatic heterocycles. The molecule has 2 N–H and O–H groups in total.